The minimum Gasteiger partial charge on any atom is -0.484 e. The molecule has 0 unspecified atom stereocenters. The Morgan fingerprint density at radius 3 is 2.44 bits per heavy atom. The van der Waals surface area contributed by atoms with E-state index >= 15 is 0 Å². The number of ether oxygens (including phenoxy) is 1. The van der Waals surface area contributed by atoms with Gasteiger partial charge in [0.25, 0.3) is 11.8 Å². The summed E-state index contributed by atoms with van der Waals surface area (Å²) in [7, 11) is 0. The van der Waals surface area contributed by atoms with Gasteiger partial charge < -0.3 is 4.74 Å². The molecule has 0 aliphatic carbocycles. The average Bonchev–Trinajstić information content (AvgIpc) is 2.57. The maximum Gasteiger partial charge on any atom is 0.416 e. The van der Waals surface area contributed by atoms with Crippen LogP contribution < -0.4 is 15.6 Å². The summed E-state index contributed by atoms with van der Waals surface area (Å²) in [5.74, 6) is -1.46. The molecule has 0 aromatic heterocycles. The van der Waals surface area contributed by atoms with Crippen LogP contribution in [0.1, 0.15) is 15.9 Å². The molecule has 0 saturated heterocycles. The number of amides is 2. The predicted molar refractivity (Wildman–Crippen MR) is 84.0 cm³/mol. The van der Waals surface area contributed by atoms with Crippen molar-refractivity contribution in [2.75, 3.05) is 6.61 Å². The molecule has 0 saturated carbocycles. The lowest BCUT2D eigenvalue weighted by Crippen LogP contribution is -2.43. The van der Waals surface area contributed by atoms with Crippen molar-refractivity contribution >= 4 is 23.4 Å². The number of alkyl halides is 3. The van der Waals surface area contributed by atoms with E-state index < -0.39 is 30.2 Å². The van der Waals surface area contributed by atoms with Gasteiger partial charge in [-0.1, -0.05) is 23.7 Å². The minimum atomic E-state index is -4.51. The SMILES string of the molecule is O=C(COc1cccc(C(F)(F)F)c1)NNC(=O)c1cccc(Cl)c1. The van der Waals surface area contributed by atoms with E-state index in [0.717, 1.165) is 18.2 Å². The van der Waals surface area contributed by atoms with Gasteiger partial charge in [0.1, 0.15) is 5.75 Å². The van der Waals surface area contributed by atoms with Crippen LogP contribution in [0.2, 0.25) is 5.02 Å². The second-order valence-electron chi connectivity index (χ2n) is 4.83. The van der Waals surface area contributed by atoms with E-state index in [1.54, 1.807) is 12.1 Å². The largest absolute Gasteiger partial charge is 0.484 e. The van der Waals surface area contributed by atoms with Crippen molar-refractivity contribution in [2.45, 2.75) is 6.18 Å². The predicted octanol–water partition coefficient (Wildman–Crippen LogP) is 3.20. The summed E-state index contributed by atoms with van der Waals surface area (Å²) >= 11 is 5.75. The summed E-state index contributed by atoms with van der Waals surface area (Å²) in [6.45, 7) is -0.572. The normalized spacial score (nSPS) is 10.9. The monoisotopic (exact) mass is 372 g/mol. The highest BCUT2D eigenvalue weighted by molar-refractivity contribution is 6.30. The first kappa shape index (κ1) is 18.6. The van der Waals surface area contributed by atoms with Crippen molar-refractivity contribution < 1.29 is 27.5 Å². The molecule has 5 nitrogen and oxygen atoms in total. The summed E-state index contributed by atoms with van der Waals surface area (Å²) in [5.41, 5.74) is 3.57. The molecule has 9 heteroatoms. The van der Waals surface area contributed by atoms with Crippen LogP contribution in [0.25, 0.3) is 0 Å². The molecular weight excluding hydrogens is 361 g/mol. The molecule has 0 aliphatic rings. The van der Waals surface area contributed by atoms with E-state index in [4.69, 9.17) is 16.3 Å². The van der Waals surface area contributed by atoms with Gasteiger partial charge in [0.15, 0.2) is 6.61 Å². The van der Waals surface area contributed by atoms with Gasteiger partial charge in [-0.3, -0.25) is 20.4 Å². The Hall–Kier alpha value is -2.74. The van der Waals surface area contributed by atoms with Crippen molar-refractivity contribution in [3.8, 4) is 5.75 Å². The zero-order valence-electron chi connectivity index (χ0n) is 12.6. The van der Waals surface area contributed by atoms with Crippen LogP contribution in [0.4, 0.5) is 13.2 Å². The molecule has 2 amide bonds. The first-order chi connectivity index (χ1) is 11.8. The van der Waals surface area contributed by atoms with E-state index in [-0.39, 0.29) is 11.3 Å². The maximum atomic E-state index is 12.6. The highest BCUT2D eigenvalue weighted by Gasteiger charge is 2.30. The van der Waals surface area contributed by atoms with Gasteiger partial charge in [-0.05, 0) is 36.4 Å². The lowest BCUT2D eigenvalue weighted by Gasteiger charge is -2.11. The fourth-order valence-electron chi connectivity index (χ4n) is 1.78. The zero-order valence-corrected chi connectivity index (χ0v) is 13.3. The number of hydrazine groups is 1. The number of carbonyl (C=O) groups excluding carboxylic acids is 2. The molecule has 2 aromatic rings. The van der Waals surface area contributed by atoms with Crippen LogP contribution in [-0.2, 0) is 11.0 Å². The third-order valence-corrected chi connectivity index (χ3v) is 3.17. The van der Waals surface area contributed by atoms with Gasteiger partial charge in [0, 0.05) is 10.6 Å². The fourth-order valence-corrected chi connectivity index (χ4v) is 1.97. The summed E-state index contributed by atoms with van der Waals surface area (Å²) in [4.78, 5) is 23.4. The molecular formula is C16H12ClF3N2O3. The Labute approximate surface area is 145 Å². The molecule has 25 heavy (non-hydrogen) atoms. The van der Waals surface area contributed by atoms with Crippen molar-refractivity contribution in [2.24, 2.45) is 0 Å². The van der Waals surface area contributed by atoms with Crippen molar-refractivity contribution in [3.05, 3.63) is 64.7 Å². The molecule has 0 atom stereocenters. The first-order valence-electron chi connectivity index (χ1n) is 6.90. The summed E-state index contributed by atoms with van der Waals surface area (Å²) < 4.78 is 42.7. The zero-order chi connectivity index (χ0) is 18.4. The molecule has 0 aliphatic heterocycles. The van der Waals surface area contributed by atoms with E-state index in [0.29, 0.717) is 5.02 Å². The Morgan fingerprint density at radius 2 is 1.76 bits per heavy atom. The topological polar surface area (TPSA) is 67.4 Å². The Kier molecular flexibility index (Phi) is 5.87. The summed E-state index contributed by atoms with van der Waals surface area (Å²) in [6.07, 6.45) is -4.51. The molecule has 0 radical (unpaired) electrons. The van der Waals surface area contributed by atoms with Crippen molar-refractivity contribution in [1.29, 1.82) is 0 Å². The molecule has 2 rings (SSSR count). The van der Waals surface area contributed by atoms with Gasteiger partial charge in [0.2, 0.25) is 0 Å². The van der Waals surface area contributed by atoms with Crippen LogP contribution in [-0.4, -0.2) is 18.4 Å². The molecule has 0 heterocycles. The molecule has 0 spiro atoms. The summed E-state index contributed by atoms with van der Waals surface area (Å²) in [6, 6.07) is 10.2. The number of hydrogen-bond donors (Lipinski definition) is 2. The molecule has 2 aromatic carbocycles. The van der Waals surface area contributed by atoms with E-state index in [1.807, 2.05) is 0 Å². The average molecular weight is 373 g/mol. The third-order valence-electron chi connectivity index (χ3n) is 2.93. The Morgan fingerprint density at radius 1 is 1.04 bits per heavy atom. The van der Waals surface area contributed by atoms with E-state index in [2.05, 4.69) is 10.9 Å². The smallest absolute Gasteiger partial charge is 0.416 e. The van der Waals surface area contributed by atoms with Crippen LogP contribution in [0.5, 0.6) is 5.75 Å². The third kappa shape index (κ3) is 5.68. The fraction of sp³-hybridized carbons (Fsp3) is 0.125. The Balaban J connectivity index is 1.84. The molecule has 132 valence electrons. The second-order valence-corrected chi connectivity index (χ2v) is 5.26. The van der Waals surface area contributed by atoms with Gasteiger partial charge in [0.05, 0.1) is 5.56 Å². The second kappa shape index (κ2) is 7.89. The van der Waals surface area contributed by atoms with Crippen LogP contribution in [0.3, 0.4) is 0 Å². The van der Waals surface area contributed by atoms with Crippen molar-refractivity contribution in [3.63, 3.8) is 0 Å². The highest BCUT2D eigenvalue weighted by Crippen LogP contribution is 2.31. The van der Waals surface area contributed by atoms with Crippen molar-refractivity contribution in [1.82, 2.24) is 10.9 Å². The van der Waals surface area contributed by atoms with Gasteiger partial charge in [-0.25, -0.2) is 0 Å². The Bertz CT molecular complexity index is 781. The molecule has 0 fully saturated rings. The number of carbonyl (C=O) groups is 2. The highest BCUT2D eigenvalue weighted by atomic mass is 35.5. The van der Waals surface area contributed by atoms with Gasteiger partial charge in [-0.15, -0.1) is 0 Å². The minimum absolute atomic E-state index is 0.119. The number of nitrogens with one attached hydrogen (secondary N) is 2. The van der Waals surface area contributed by atoms with Crippen LogP contribution in [0.15, 0.2) is 48.5 Å². The number of halogens is 4. The summed E-state index contributed by atoms with van der Waals surface area (Å²) in [5, 5.41) is 0.354. The van der Waals surface area contributed by atoms with Gasteiger partial charge >= 0.3 is 6.18 Å². The lowest BCUT2D eigenvalue weighted by atomic mass is 10.2. The number of hydrogen-bond acceptors (Lipinski definition) is 3. The molecule has 0 bridgehead atoms. The van der Waals surface area contributed by atoms with E-state index in [9.17, 15) is 22.8 Å². The standard InChI is InChI=1S/C16H12ClF3N2O3/c17-12-5-1-3-10(7-12)15(24)22-21-14(23)9-25-13-6-2-4-11(8-13)16(18,19)20/h1-8H,9H2,(H,21,23)(H,22,24). The first-order valence-corrected chi connectivity index (χ1v) is 7.28. The number of rotatable bonds is 4. The van der Waals surface area contributed by atoms with Crippen LogP contribution >= 0.6 is 11.6 Å². The van der Waals surface area contributed by atoms with Gasteiger partial charge in [-0.2, -0.15) is 13.2 Å². The maximum absolute atomic E-state index is 12.6. The lowest BCUT2D eigenvalue weighted by molar-refractivity contribution is -0.137. The molecule has 2 N–H and O–H groups in total. The number of benzene rings is 2. The quantitative estimate of drug-likeness (QED) is 0.810. The van der Waals surface area contributed by atoms with E-state index in [1.165, 1.54) is 18.2 Å². The van der Waals surface area contributed by atoms with Crippen LogP contribution in [0, 0.1) is 0 Å².